The molecule has 12 heteroatoms. The lowest BCUT2D eigenvalue weighted by atomic mass is 9.95. The molecule has 228 valence electrons. The number of amides is 1. The van der Waals surface area contributed by atoms with Gasteiger partial charge in [-0.3, -0.25) is 14.4 Å². The first-order valence-electron chi connectivity index (χ1n) is 15.3. The van der Waals surface area contributed by atoms with E-state index in [0.29, 0.717) is 78.1 Å². The maximum Gasteiger partial charge on any atom is 0.318 e. The zero-order valence-corrected chi connectivity index (χ0v) is 24.5. The molecule has 0 aliphatic carbocycles. The Bertz CT molecular complexity index is 1810. The van der Waals surface area contributed by atoms with Crippen molar-refractivity contribution < 1.29 is 23.4 Å². The number of nitrogens with zero attached hydrogens (tertiary/aromatic N) is 7. The molecule has 2 atom stereocenters. The van der Waals surface area contributed by atoms with E-state index in [1.165, 1.54) is 12.1 Å². The molecular weight excluding hydrogens is 568 g/mol. The van der Waals surface area contributed by atoms with Gasteiger partial charge in [-0.2, -0.15) is 15.1 Å². The number of phenols is 1. The predicted octanol–water partition coefficient (Wildman–Crippen LogP) is 4.37. The number of aromatic hydroxyl groups is 1. The topological polar surface area (TPSA) is 99.9 Å². The number of rotatable bonds is 6. The number of anilines is 2. The summed E-state index contributed by atoms with van der Waals surface area (Å²) in [6.07, 6.45) is 3.57. The van der Waals surface area contributed by atoms with E-state index in [0.717, 1.165) is 25.1 Å². The van der Waals surface area contributed by atoms with Gasteiger partial charge in [-0.05, 0) is 55.0 Å². The summed E-state index contributed by atoms with van der Waals surface area (Å²) in [6.45, 7) is 5.21. The van der Waals surface area contributed by atoms with E-state index in [9.17, 15) is 18.7 Å². The first kappa shape index (κ1) is 27.2. The van der Waals surface area contributed by atoms with Gasteiger partial charge >= 0.3 is 6.01 Å². The molecule has 1 amide bonds. The highest BCUT2D eigenvalue weighted by Gasteiger charge is 2.49. The lowest BCUT2D eigenvalue weighted by Gasteiger charge is -2.32. The number of hydrogen-bond acceptors (Lipinski definition) is 8. The number of hydrogen-bond donors (Lipinski definition) is 1. The van der Waals surface area contributed by atoms with Crippen molar-refractivity contribution >= 4 is 28.2 Å². The summed E-state index contributed by atoms with van der Waals surface area (Å²) in [6, 6.07) is 8.19. The van der Waals surface area contributed by atoms with Crippen LogP contribution in [0.1, 0.15) is 53.5 Å². The van der Waals surface area contributed by atoms with E-state index in [1.807, 2.05) is 22.6 Å². The molecule has 0 saturated carbocycles. The number of aryl methyl sites for hydroxylation is 1. The summed E-state index contributed by atoms with van der Waals surface area (Å²) in [5.41, 5.74) is 2.38. The third-order valence-corrected chi connectivity index (χ3v) is 9.76. The molecule has 2 aromatic heterocycles. The molecule has 6 heterocycles. The Kier molecular flexibility index (Phi) is 6.26. The van der Waals surface area contributed by atoms with Gasteiger partial charge < -0.3 is 19.6 Å². The fourth-order valence-electron chi connectivity index (χ4n) is 7.70. The quantitative estimate of drug-likeness (QED) is 0.348. The molecule has 4 aliphatic heterocycles. The normalized spacial score (nSPS) is 23.0. The Morgan fingerprint density at radius 2 is 2.02 bits per heavy atom. The number of halogens is 2. The van der Waals surface area contributed by atoms with Gasteiger partial charge in [-0.15, -0.1) is 0 Å². The van der Waals surface area contributed by atoms with Crippen molar-refractivity contribution in [3.8, 4) is 11.8 Å². The highest BCUT2D eigenvalue weighted by Crippen LogP contribution is 2.43. The Labute approximate surface area is 252 Å². The predicted molar refractivity (Wildman–Crippen MR) is 159 cm³/mol. The van der Waals surface area contributed by atoms with Gasteiger partial charge in [-0.25, -0.2) is 8.78 Å². The van der Waals surface area contributed by atoms with Gasteiger partial charge in [-0.1, -0.05) is 13.0 Å². The Morgan fingerprint density at radius 3 is 2.89 bits per heavy atom. The highest BCUT2D eigenvalue weighted by molar-refractivity contribution is 6.16. The first-order chi connectivity index (χ1) is 21.3. The van der Waals surface area contributed by atoms with E-state index in [4.69, 9.17) is 14.7 Å². The number of carbonyl (C=O) groups is 1. The zero-order valence-electron chi connectivity index (χ0n) is 24.5. The maximum atomic E-state index is 15.0. The average Bonchev–Trinajstić information content (AvgIpc) is 3.77. The molecule has 2 aromatic carbocycles. The molecule has 10 nitrogen and oxygen atoms in total. The summed E-state index contributed by atoms with van der Waals surface area (Å²) >= 11 is 0. The Hall–Kier alpha value is -4.32. The molecule has 2 unspecified atom stereocenters. The van der Waals surface area contributed by atoms with Crippen LogP contribution >= 0.6 is 0 Å². The van der Waals surface area contributed by atoms with Crippen LogP contribution in [0.2, 0.25) is 0 Å². The summed E-state index contributed by atoms with van der Waals surface area (Å²) < 4.78 is 37.6. The molecule has 0 spiro atoms. The van der Waals surface area contributed by atoms with Crippen LogP contribution in [0, 0.1) is 5.82 Å². The van der Waals surface area contributed by atoms with Crippen molar-refractivity contribution in [2.75, 3.05) is 36.0 Å². The van der Waals surface area contributed by atoms with Crippen LogP contribution in [-0.4, -0.2) is 73.6 Å². The lowest BCUT2D eigenvalue weighted by molar-refractivity contribution is 0.0996. The van der Waals surface area contributed by atoms with Crippen LogP contribution in [0.25, 0.3) is 10.8 Å². The zero-order chi connectivity index (χ0) is 30.2. The van der Waals surface area contributed by atoms with E-state index in [-0.39, 0.29) is 42.2 Å². The summed E-state index contributed by atoms with van der Waals surface area (Å²) in [4.78, 5) is 29.6. The van der Waals surface area contributed by atoms with Crippen molar-refractivity contribution in [3.05, 3.63) is 64.9 Å². The fourth-order valence-corrected chi connectivity index (χ4v) is 7.70. The molecule has 44 heavy (non-hydrogen) atoms. The van der Waals surface area contributed by atoms with E-state index >= 15 is 0 Å². The van der Waals surface area contributed by atoms with Crippen LogP contribution in [-0.2, 0) is 26.1 Å². The van der Waals surface area contributed by atoms with Crippen LogP contribution < -0.4 is 14.5 Å². The van der Waals surface area contributed by atoms with Gasteiger partial charge in [0.1, 0.15) is 35.7 Å². The van der Waals surface area contributed by atoms with Gasteiger partial charge in [0.05, 0.1) is 42.2 Å². The number of aromatic nitrogens is 4. The molecule has 1 N–H and O–H groups in total. The number of carbonyl (C=O) groups excluding carboxylic acids is 1. The minimum atomic E-state index is -0.880. The SMILES string of the molecule is CCc1c(F)ccc2cc(O)cc(N3Cc4nc(OCC56CCCN5CC(F)C6)nc(N5CCn6nccc6C5)c4C3=O)c12. The van der Waals surface area contributed by atoms with Crippen molar-refractivity contribution in [2.45, 2.75) is 64.0 Å². The van der Waals surface area contributed by atoms with Gasteiger partial charge in [0.2, 0.25) is 0 Å². The van der Waals surface area contributed by atoms with E-state index in [2.05, 4.69) is 10.00 Å². The van der Waals surface area contributed by atoms with Crippen LogP contribution in [0.15, 0.2) is 36.5 Å². The number of fused-ring (bicyclic) bond motifs is 4. The number of ether oxygens (including phenoxy) is 1. The van der Waals surface area contributed by atoms with Crippen molar-refractivity contribution in [1.82, 2.24) is 24.6 Å². The number of benzene rings is 2. The van der Waals surface area contributed by atoms with Gasteiger partial charge in [0.25, 0.3) is 5.91 Å². The van der Waals surface area contributed by atoms with Crippen LogP contribution in [0.4, 0.5) is 20.3 Å². The first-order valence-corrected chi connectivity index (χ1v) is 15.3. The van der Waals surface area contributed by atoms with Gasteiger partial charge in [0.15, 0.2) is 0 Å². The van der Waals surface area contributed by atoms with Crippen molar-refractivity contribution in [2.24, 2.45) is 0 Å². The summed E-state index contributed by atoms with van der Waals surface area (Å²) in [5, 5.41) is 16.2. The minimum absolute atomic E-state index is 0.0207. The monoisotopic (exact) mass is 601 g/mol. The smallest absolute Gasteiger partial charge is 0.318 e. The van der Waals surface area contributed by atoms with Gasteiger partial charge in [0, 0.05) is 37.2 Å². The second-order valence-electron chi connectivity index (χ2n) is 12.3. The molecule has 0 radical (unpaired) electrons. The molecule has 8 rings (SSSR count). The fraction of sp³-hybridized carbons (Fsp3) is 0.438. The van der Waals surface area contributed by atoms with Crippen LogP contribution in [0.5, 0.6) is 11.8 Å². The second-order valence-corrected chi connectivity index (χ2v) is 12.3. The number of alkyl halides is 1. The van der Waals surface area contributed by atoms with E-state index in [1.54, 1.807) is 23.2 Å². The lowest BCUT2D eigenvalue weighted by Crippen LogP contribution is -2.43. The average molecular weight is 602 g/mol. The molecule has 2 saturated heterocycles. The number of phenolic OH excluding ortho intramolecular Hbond substituents is 1. The molecule has 0 bridgehead atoms. The molecular formula is C32H33F2N7O3. The third kappa shape index (κ3) is 4.21. The van der Waals surface area contributed by atoms with Crippen LogP contribution in [0.3, 0.4) is 0 Å². The van der Waals surface area contributed by atoms with E-state index < -0.39 is 6.17 Å². The van der Waals surface area contributed by atoms with Crippen molar-refractivity contribution in [3.63, 3.8) is 0 Å². The summed E-state index contributed by atoms with van der Waals surface area (Å²) in [5.74, 6) is -0.241. The molecule has 4 aliphatic rings. The second kappa shape index (κ2) is 10.1. The Morgan fingerprint density at radius 1 is 1.14 bits per heavy atom. The maximum absolute atomic E-state index is 15.0. The molecule has 2 fully saturated rings. The molecule has 4 aromatic rings. The van der Waals surface area contributed by atoms with Crippen molar-refractivity contribution in [1.29, 1.82) is 0 Å². The largest absolute Gasteiger partial charge is 0.508 e. The standard InChI is InChI=1S/C32H33F2N7O3/c1-2-23-24(34)5-4-19-12-22(42)13-26(27(19)23)40-17-25-28(30(40)43)29(38-10-11-41-21(16-38)6-8-35-41)37-31(36-25)44-18-32-7-3-9-39(32)15-20(33)14-32/h4-6,8,12-13,20,42H,2-3,7,9-11,14-18H2,1H3. The highest BCUT2D eigenvalue weighted by atomic mass is 19.1. The third-order valence-electron chi connectivity index (χ3n) is 9.76. The summed E-state index contributed by atoms with van der Waals surface area (Å²) in [7, 11) is 0. The minimum Gasteiger partial charge on any atom is -0.508 e. The Balaban J connectivity index is 1.20.